The van der Waals surface area contributed by atoms with E-state index in [2.05, 4.69) is 0 Å². The molecule has 7 nitrogen and oxygen atoms in total. The number of sulfonamides is 1. The zero-order valence-corrected chi connectivity index (χ0v) is 18.3. The van der Waals surface area contributed by atoms with Crippen molar-refractivity contribution >= 4 is 26.8 Å². The van der Waals surface area contributed by atoms with Gasteiger partial charge in [-0.1, -0.05) is 12.8 Å². The Kier molecular flexibility index (Phi) is 5.97. The molecule has 0 bridgehead atoms. The molecule has 2 aliphatic heterocycles. The molecule has 1 amide bonds. The van der Waals surface area contributed by atoms with E-state index in [1.165, 1.54) is 10.4 Å². The number of likely N-dealkylation sites (tertiary alicyclic amines) is 1. The molecular formula is C22H29N3O4S. The van der Waals surface area contributed by atoms with Crippen molar-refractivity contribution in [1.82, 2.24) is 13.8 Å². The minimum atomic E-state index is -3.64. The highest BCUT2D eigenvalue weighted by Crippen LogP contribution is 2.24. The summed E-state index contributed by atoms with van der Waals surface area (Å²) < 4.78 is 29.3. The monoisotopic (exact) mass is 431 g/mol. The molecule has 0 aliphatic carbocycles. The fraction of sp³-hybridized carbons (Fsp3) is 0.545. The van der Waals surface area contributed by atoms with Gasteiger partial charge < -0.3 is 9.47 Å². The van der Waals surface area contributed by atoms with Crippen LogP contribution in [0, 0.1) is 0 Å². The summed E-state index contributed by atoms with van der Waals surface area (Å²) in [7, 11) is -3.64. The van der Waals surface area contributed by atoms with E-state index in [9.17, 15) is 18.0 Å². The summed E-state index contributed by atoms with van der Waals surface area (Å²) in [5.41, 5.74) is 0.389. The fourth-order valence-electron chi connectivity index (χ4n) is 4.47. The number of amides is 1. The normalized spacial score (nSPS) is 18.6. The molecule has 1 aromatic heterocycles. The number of aryl methyl sites for hydroxylation is 1. The van der Waals surface area contributed by atoms with Gasteiger partial charge in [0.25, 0.3) is 5.91 Å². The van der Waals surface area contributed by atoms with Gasteiger partial charge in [0, 0.05) is 44.3 Å². The van der Waals surface area contributed by atoms with Crippen LogP contribution < -0.4 is 5.43 Å². The Labute approximate surface area is 177 Å². The number of benzene rings is 1. The summed E-state index contributed by atoms with van der Waals surface area (Å²) in [6.45, 7) is 4.85. The molecule has 2 aliphatic rings. The fourth-order valence-corrected chi connectivity index (χ4v) is 6.02. The van der Waals surface area contributed by atoms with Crippen LogP contribution in [0.15, 0.2) is 34.1 Å². The van der Waals surface area contributed by atoms with E-state index in [1.54, 1.807) is 23.2 Å². The summed E-state index contributed by atoms with van der Waals surface area (Å²) in [5.74, 6) is -0.251. The van der Waals surface area contributed by atoms with Crippen LogP contribution in [0.3, 0.4) is 0 Å². The smallest absolute Gasteiger partial charge is 0.259 e. The van der Waals surface area contributed by atoms with Gasteiger partial charge in [0.05, 0.1) is 10.4 Å². The van der Waals surface area contributed by atoms with Crippen molar-refractivity contribution in [2.45, 2.75) is 56.9 Å². The Morgan fingerprint density at radius 2 is 1.60 bits per heavy atom. The van der Waals surface area contributed by atoms with E-state index in [-0.39, 0.29) is 27.2 Å². The topological polar surface area (TPSA) is 79.7 Å². The molecule has 0 atom stereocenters. The average molecular weight is 432 g/mol. The van der Waals surface area contributed by atoms with Gasteiger partial charge in [0.2, 0.25) is 15.5 Å². The Morgan fingerprint density at radius 1 is 0.967 bits per heavy atom. The van der Waals surface area contributed by atoms with E-state index in [0.29, 0.717) is 38.2 Å². The maximum atomic E-state index is 13.3. The maximum absolute atomic E-state index is 13.3. The number of hydrogen-bond donors (Lipinski definition) is 0. The van der Waals surface area contributed by atoms with Gasteiger partial charge in [-0.05, 0) is 50.8 Å². The summed E-state index contributed by atoms with van der Waals surface area (Å²) >= 11 is 0. The summed E-state index contributed by atoms with van der Waals surface area (Å²) in [5, 5.41) is 0.290. The summed E-state index contributed by atoms with van der Waals surface area (Å²) in [6.07, 6.45) is 7.41. The number of pyridine rings is 1. The van der Waals surface area contributed by atoms with Gasteiger partial charge in [-0.3, -0.25) is 9.59 Å². The van der Waals surface area contributed by atoms with Gasteiger partial charge in [-0.25, -0.2) is 8.42 Å². The average Bonchev–Trinajstić information content (AvgIpc) is 3.17. The second-order valence-electron chi connectivity index (χ2n) is 8.15. The van der Waals surface area contributed by atoms with Gasteiger partial charge in [0.15, 0.2) is 0 Å². The van der Waals surface area contributed by atoms with E-state index in [1.807, 2.05) is 11.5 Å². The summed E-state index contributed by atoms with van der Waals surface area (Å²) in [6, 6.07) is 4.71. The highest BCUT2D eigenvalue weighted by atomic mass is 32.2. The van der Waals surface area contributed by atoms with Crippen LogP contribution in [0.4, 0.5) is 0 Å². The third-order valence-corrected chi connectivity index (χ3v) is 8.11. The third-order valence-electron chi connectivity index (χ3n) is 6.22. The van der Waals surface area contributed by atoms with Crippen LogP contribution in [-0.2, 0) is 16.6 Å². The minimum absolute atomic E-state index is 0.121. The van der Waals surface area contributed by atoms with Crippen LogP contribution in [0.2, 0.25) is 0 Å². The number of rotatable bonds is 4. The molecule has 0 unspecified atom stereocenters. The Morgan fingerprint density at radius 3 is 2.23 bits per heavy atom. The van der Waals surface area contributed by atoms with Crippen molar-refractivity contribution in [3.05, 3.63) is 40.2 Å². The lowest BCUT2D eigenvalue weighted by molar-refractivity contribution is 0.0759. The number of fused-ring (bicyclic) bond motifs is 1. The lowest BCUT2D eigenvalue weighted by Crippen LogP contribution is -2.35. The molecule has 8 heteroatoms. The molecule has 2 aromatic rings. The van der Waals surface area contributed by atoms with Gasteiger partial charge in [0.1, 0.15) is 5.56 Å². The Bertz CT molecular complexity index is 1110. The van der Waals surface area contributed by atoms with Crippen molar-refractivity contribution in [3.8, 4) is 0 Å². The van der Waals surface area contributed by atoms with Crippen molar-refractivity contribution in [3.63, 3.8) is 0 Å². The Balaban J connectivity index is 1.82. The third kappa shape index (κ3) is 3.78. The van der Waals surface area contributed by atoms with E-state index in [4.69, 9.17) is 0 Å². The molecule has 162 valence electrons. The van der Waals surface area contributed by atoms with Crippen LogP contribution in [0.1, 0.15) is 55.8 Å². The quantitative estimate of drug-likeness (QED) is 0.746. The molecule has 0 spiro atoms. The highest BCUT2D eigenvalue weighted by Gasteiger charge is 2.28. The van der Waals surface area contributed by atoms with E-state index >= 15 is 0 Å². The van der Waals surface area contributed by atoms with Crippen LogP contribution in [0.5, 0.6) is 0 Å². The first-order chi connectivity index (χ1) is 14.4. The van der Waals surface area contributed by atoms with E-state index in [0.717, 1.165) is 38.5 Å². The first-order valence-electron chi connectivity index (χ1n) is 10.9. The molecule has 0 saturated carbocycles. The largest absolute Gasteiger partial charge is 0.347 e. The molecule has 3 heterocycles. The zero-order chi connectivity index (χ0) is 21.3. The van der Waals surface area contributed by atoms with Crippen molar-refractivity contribution in [2.24, 2.45) is 0 Å². The lowest BCUT2D eigenvalue weighted by Gasteiger charge is -2.21. The number of carbonyl (C=O) groups is 1. The van der Waals surface area contributed by atoms with Crippen LogP contribution in [0.25, 0.3) is 10.9 Å². The molecule has 4 rings (SSSR count). The molecule has 2 fully saturated rings. The van der Waals surface area contributed by atoms with Gasteiger partial charge >= 0.3 is 0 Å². The number of aromatic nitrogens is 1. The van der Waals surface area contributed by atoms with Gasteiger partial charge in [-0.2, -0.15) is 4.31 Å². The highest BCUT2D eigenvalue weighted by molar-refractivity contribution is 7.89. The van der Waals surface area contributed by atoms with Gasteiger partial charge in [-0.15, -0.1) is 0 Å². The van der Waals surface area contributed by atoms with Crippen molar-refractivity contribution < 1.29 is 13.2 Å². The van der Waals surface area contributed by atoms with Crippen molar-refractivity contribution in [2.75, 3.05) is 26.2 Å². The SMILES string of the molecule is CCn1cc(C(=O)N2CCCCCC2)c(=O)c2cc(S(=O)(=O)N3CCCC3)ccc21. The second kappa shape index (κ2) is 8.51. The first-order valence-corrected chi connectivity index (χ1v) is 12.3. The minimum Gasteiger partial charge on any atom is -0.347 e. The zero-order valence-electron chi connectivity index (χ0n) is 17.5. The Hall–Kier alpha value is -2.19. The second-order valence-corrected chi connectivity index (χ2v) is 10.1. The van der Waals surface area contributed by atoms with Crippen LogP contribution in [-0.4, -0.2) is 54.3 Å². The molecular weight excluding hydrogens is 402 g/mol. The van der Waals surface area contributed by atoms with E-state index < -0.39 is 10.0 Å². The number of carbonyl (C=O) groups excluding carboxylic acids is 1. The van der Waals surface area contributed by atoms with Crippen LogP contribution >= 0.6 is 0 Å². The predicted octanol–water partition coefficient (Wildman–Crippen LogP) is 2.82. The van der Waals surface area contributed by atoms with Crippen molar-refractivity contribution in [1.29, 1.82) is 0 Å². The molecule has 2 saturated heterocycles. The predicted molar refractivity (Wildman–Crippen MR) is 116 cm³/mol. The molecule has 1 aromatic carbocycles. The molecule has 0 N–H and O–H groups in total. The first kappa shape index (κ1) is 21.1. The maximum Gasteiger partial charge on any atom is 0.259 e. The molecule has 30 heavy (non-hydrogen) atoms. The number of nitrogens with zero attached hydrogens (tertiary/aromatic N) is 3. The standard InChI is InChI=1S/C22H29N3O4S/c1-2-23-16-19(22(27)24-11-5-3-4-6-12-24)21(26)18-15-17(9-10-20(18)23)30(28,29)25-13-7-8-14-25/h9-10,15-16H,2-8,11-14H2,1H3. The molecule has 0 radical (unpaired) electrons. The summed E-state index contributed by atoms with van der Waals surface area (Å²) in [4.78, 5) is 28.3. The lowest BCUT2D eigenvalue weighted by atomic mass is 10.1. The number of hydrogen-bond acceptors (Lipinski definition) is 4.